The molecule has 1 aromatic heterocycles. The molecule has 1 fully saturated rings. The second-order valence-corrected chi connectivity index (χ2v) is 7.63. The SMILES string of the molecule is CN[C@@H]1CCN(C(=O)c2ccc(N/C=C(\N=N)c3cc4cc(F)ccc4[nH]c3=O)cc2)C1. The molecule has 32 heavy (non-hydrogen) atoms. The number of nitrogens with one attached hydrogen (secondary N) is 4. The Hall–Kier alpha value is -3.85. The zero-order valence-electron chi connectivity index (χ0n) is 17.5. The number of aromatic nitrogens is 1. The summed E-state index contributed by atoms with van der Waals surface area (Å²) in [5.41, 5.74) is 9.02. The second kappa shape index (κ2) is 9.11. The number of benzene rings is 2. The molecule has 1 atom stereocenters. The Morgan fingerprint density at radius 3 is 2.72 bits per heavy atom. The molecule has 2 aromatic carbocycles. The van der Waals surface area contributed by atoms with Gasteiger partial charge in [-0.1, -0.05) is 0 Å². The maximum Gasteiger partial charge on any atom is 0.258 e. The van der Waals surface area contributed by atoms with Crippen molar-refractivity contribution in [3.63, 3.8) is 0 Å². The molecule has 1 aliphatic rings. The van der Waals surface area contributed by atoms with Crippen molar-refractivity contribution in [2.45, 2.75) is 12.5 Å². The van der Waals surface area contributed by atoms with Crippen LogP contribution in [0.1, 0.15) is 22.3 Å². The van der Waals surface area contributed by atoms with Crippen LogP contribution in [0.2, 0.25) is 0 Å². The van der Waals surface area contributed by atoms with Crippen molar-refractivity contribution in [1.29, 1.82) is 5.53 Å². The largest absolute Gasteiger partial charge is 0.360 e. The molecule has 1 saturated heterocycles. The molecule has 0 aliphatic carbocycles. The lowest BCUT2D eigenvalue weighted by molar-refractivity contribution is 0.0789. The number of hydrogen-bond acceptors (Lipinski definition) is 6. The minimum absolute atomic E-state index is 0.0124. The van der Waals surface area contributed by atoms with Crippen molar-refractivity contribution in [1.82, 2.24) is 15.2 Å². The van der Waals surface area contributed by atoms with Crippen molar-refractivity contribution in [2.24, 2.45) is 5.11 Å². The quantitative estimate of drug-likeness (QED) is 0.444. The first-order valence-electron chi connectivity index (χ1n) is 10.2. The van der Waals surface area contributed by atoms with Gasteiger partial charge in [0, 0.05) is 47.5 Å². The number of halogens is 1. The number of H-pyrrole nitrogens is 1. The minimum Gasteiger partial charge on any atom is -0.360 e. The number of carbonyl (C=O) groups excluding carboxylic acids is 1. The Balaban J connectivity index is 1.51. The Bertz CT molecular complexity index is 1250. The summed E-state index contributed by atoms with van der Waals surface area (Å²) in [5.74, 6) is -0.436. The van der Waals surface area contributed by atoms with Crippen molar-refractivity contribution in [3.8, 4) is 0 Å². The standard InChI is InChI=1S/C23H23FN6O2/c1-26-18-8-9-30(13-18)23(32)14-2-5-17(6-3-14)27-12-21(29-25)19-11-15-10-16(24)4-7-20(15)28-22(19)31/h2-7,10-12,18,25-27H,8-9,13H2,1H3,(H,28,31)/b21-12-,29-25?/t18-/m1/s1. The van der Waals surface area contributed by atoms with Crippen LogP contribution >= 0.6 is 0 Å². The molecule has 0 unspecified atom stereocenters. The molecule has 2 heterocycles. The molecule has 9 heteroatoms. The van der Waals surface area contributed by atoms with Crippen LogP contribution in [-0.4, -0.2) is 42.0 Å². The molecule has 8 nitrogen and oxygen atoms in total. The number of likely N-dealkylation sites (N-methyl/N-ethyl adjacent to an activating group) is 1. The molecule has 4 rings (SSSR count). The van der Waals surface area contributed by atoms with Crippen LogP contribution in [0.25, 0.3) is 16.6 Å². The van der Waals surface area contributed by atoms with E-state index in [9.17, 15) is 14.0 Å². The molecular formula is C23H23FN6O2. The third kappa shape index (κ3) is 4.42. The average Bonchev–Trinajstić information content (AvgIpc) is 3.29. The van der Waals surface area contributed by atoms with Crippen molar-refractivity contribution >= 4 is 28.2 Å². The maximum atomic E-state index is 13.5. The number of hydrogen-bond donors (Lipinski definition) is 4. The summed E-state index contributed by atoms with van der Waals surface area (Å²) in [4.78, 5) is 29.6. The van der Waals surface area contributed by atoms with Gasteiger partial charge in [-0.2, -0.15) is 5.11 Å². The lowest BCUT2D eigenvalue weighted by Crippen LogP contribution is -2.33. The zero-order valence-corrected chi connectivity index (χ0v) is 17.5. The highest BCUT2D eigenvalue weighted by Gasteiger charge is 2.25. The number of anilines is 1. The lowest BCUT2D eigenvalue weighted by Gasteiger charge is -2.16. The fraction of sp³-hybridized carbons (Fsp3) is 0.217. The molecule has 1 amide bonds. The highest BCUT2D eigenvalue weighted by molar-refractivity contribution is 5.94. The van der Waals surface area contributed by atoms with Crippen molar-refractivity contribution in [3.05, 3.63) is 82.0 Å². The number of nitrogens with zero attached hydrogens (tertiary/aromatic N) is 2. The Kier molecular flexibility index (Phi) is 6.09. The molecule has 0 radical (unpaired) electrons. The molecule has 0 saturated carbocycles. The third-order valence-corrected chi connectivity index (χ3v) is 5.59. The average molecular weight is 434 g/mol. The normalized spacial score (nSPS) is 16.4. The molecule has 0 bridgehead atoms. The first kappa shape index (κ1) is 21.4. The van der Waals surface area contributed by atoms with E-state index in [1.54, 1.807) is 24.3 Å². The topological polar surface area (TPSA) is 113 Å². The van der Waals surface area contributed by atoms with Gasteiger partial charge >= 0.3 is 0 Å². The van der Waals surface area contributed by atoms with Crippen LogP contribution in [0.3, 0.4) is 0 Å². The zero-order chi connectivity index (χ0) is 22.7. The summed E-state index contributed by atoms with van der Waals surface area (Å²) in [5, 5.41) is 10.1. The van der Waals surface area contributed by atoms with Crippen LogP contribution < -0.4 is 16.2 Å². The van der Waals surface area contributed by atoms with Gasteiger partial charge in [-0.25, -0.2) is 9.92 Å². The van der Waals surface area contributed by atoms with Gasteiger partial charge in [0.05, 0.1) is 5.56 Å². The lowest BCUT2D eigenvalue weighted by atomic mass is 10.1. The minimum atomic E-state index is -0.431. The van der Waals surface area contributed by atoms with Gasteiger partial charge in [-0.15, -0.1) is 0 Å². The maximum absolute atomic E-state index is 13.5. The van der Waals surface area contributed by atoms with E-state index in [0.717, 1.165) is 13.0 Å². The van der Waals surface area contributed by atoms with Crippen LogP contribution in [0.15, 0.2) is 64.6 Å². The number of amides is 1. The smallest absolute Gasteiger partial charge is 0.258 e. The van der Waals surface area contributed by atoms with Gasteiger partial charge < -0.3 is 20.5 Å². The van der Waals surface area contributed by atoms with E-state index in [2.05, 4.69) is 20.7 Å². The Labute approximate surface area is 183 Å². The second-order valence-electron chi connectivity index (χ2n) is 7.63. The van der Waals surface area contributed by atoms with Crippen LogP contribution in [0.5, 0.6) is 0 Å². The number of carbonyl (C=O) groups is 1. The summed E-state index contributed by atoms with van der Waals surface area (Å²) in [6, 6.07) is 12.8. The summed E-state index contributed by atoms with van der Waals surface area (Å²) in [6.45, 7) is 1.42. The van der Waals surface area contributed by atoms with E-state index in [1.165, 1.54) is 30.5 Å². The molecule has 4 N–H and O–H groups in total. The number of aromatic amines is 1. The predicted octanol–water partition coefficient (Wildman–Crippen LogP) is 3.54. The van der Waals surface area contributed by atoms with Gasteiger partial charge in [-0.05, 0) is 62.0 Å². The Morgan fingerprint density at radius 1 is 1.25 bits per heavy atom. The summed E-state index contributed by atoms with van der Waals surface area (Å²) in [6.07, 6.45) is 2.37. The fourth-order valence-corrected chi connectivity index (χ4v) is 3.76. The van der Waals surface area contributed by atoms with E-state index < -0.39 is 11.4 Å². The predicted molar refractivity (Wildman–Crippen MR) is 121 cm³/mol. The van der Waals surface area contributed by atoms with Gasteiger partial charge in [0.2, 0.25) is 0 Å². The van der Waals surface area contributed by atoms with Crippen molar-refractivity contribution < 1.29 is 9.18 Å². The fourth-order valence-electron chi connectivity index (χ4n) is 3.76. The summed E-state index contributed by atoms with van der Waals surface area (Å²) in [7, 11) is 1.90. The number of rotatable bonds is 6. The van der Waals surface area contributed by atoms with Gasteiger partial charge in [0.25, 0.3) is 11.5 Å². The molecular weight excluding hydrogens is 411 g/mol. The molecule has 3 aromatic rings. The number of likely N-dealkylation sites (tertiary alicyclic amines) is 1. The first-order valence-corrected chi connectivity index (χ1v) is 10.2. The third-order valence-electron chi connectivity index (χ3n) is 5.59. The van der Waals surface area contributed by atoms with Crippen LogP contribution in [0, 0.1) is 11.3 Å². The Morgan fingerprint density at radius 2 is 2.03 bits per heavy atom. The van der Waals surface area contributed by atoms with E-state index in [4.69, 9.17) is 5.53 Å². The highest BCUT2D eigenvalue weighted by atomic mass is 19.1. The number of fused-ring (bicyclic) bond motifs is 1. The van der Waals surface area contributed by atoms with Gasteiger partial charge in [0.15, 0.2) is 0 Å². The van der Waals surface area contributed by atoms with Crippen molar-refractivity contribution in [2.75, 3.05) is 25.5 Å². The van der Waals surface area contributed by atoms with Crippen LogP contribution in [0.4, 0.5) is 10.1 Å². The molecule has 0 spiro atoms. The van der Waals surface area contributed by atoms with E-state index >= 15 is 0 Å². The van der Waals surface area contributed by atoms with Gasteiger partial charge in [-0.3, -0.25) is 9.59 Å². The van der Waals surface area contributed by atoms with E-state index in [0.29, 0.717) is 34.7 Å². The summed E-state index contributed by atoms with van der Waals surface area (Å²) >= 11 is 0. The van der Waals surface area contributed by atoms with E-state index in [1.807, 2.05) is 11.9 Å². The molecule has 164 valence electrons. The number of pyridine rings is 1. The summed E-state index contributed by atoms with van der Waals surface area (Å²) < 4.78 is 13.5. The first-order chi connectivity index (χ1) is 15.5. The van der Waals surface area contributed by atoms with Crippen LogP contribution in [-0.2, 0) is 0 Å². The van der Waals surface area contributed by atoms with Gasteiger partial charge in [0.1, 0.15) is 11.5 Å². The highest BCUT2D eigenvalue weighted by Crippen LogP contribution is 2.20. The van der Waals surface area contributed by atoms with E-state index in [-0.39, 0.29) is 17.2 Å². The molecule has 1 aliphatic heterocycles. The monoisotopic (exact) mass is 434 g/mol.